The number of aryl methyl sites for hydroxylation is 1. The number of hydrogen-bond donors (Lipinski definition) is 0. The van der Waals surface area contributed by atoms with Crippen LogP contribution >= 0.6 is 0 Å². The molecule has 0 aliphatic rings. The van der Waals surface area contributed by atoms with Crippen LogP contribution in [0.5, 0.6) is 11.5 Å². The molecule has 3 rings (SSSR count). The topological polar surface area (TPSA) is 74.4 Å². The van der Waals surface area contributed by atoms with Crippen LogP contribution < -0.4 is 10.3 Å². The van der Waals surface area contributed by atoms with E-state index >= 15 is 0 Å². The van der Waals surface area contributed by atoms with Crippen molar-refractivity contribution in [2.24, 2.45) is 7.05 Å². The van der Waals surface area contributed by atoms with Crippen LogP contribution in [0.15, 0.2) is 59.5 Å². The number of halogens is 2. The van der Waals surface area contributed by atoms with Crippen LogP contribution in [0.3, 0.4) is 0 Å². The molecule has 0 saturated carbocycles. The molecule has 1 aromatic heterocycles. The first-order valence-corrected chi connectivity index (χ1v) is 7.43. The Morgan fingerprint density at radius 1 is 1.04 bits per heavy atom. The Morgan fingerprint density at radius 3 is 2.35 bits per heavy atom. The summed E-state index contributed by atoms with van der Waals surface area (Å²) < 4.78 is 33.6. The molecular formula is C18H12F2N2O4. The zero-order chi connectivity index (χ0) is 18.8. The molecule has 0 bridgehead atoms. The highest BCUT2D eigenvalue weighted by molar-refractivity contribution is 5.72. The summed E-state index contributed by atoms with van der Waals surface area (Å²) in [6.45, 7) is 0. The van der Waals surface area contributed by atoms with Gasteiger partial charge in [-0.1, -0.05) is 0 Å². The Bertz CT molecular complexity index is 1040. The second kappa shape index (κ2) is 6.75. The summed E-state index contributed by atoms with van der Waals surface area (Å²) in [5.41, 5.74) is 0.336. The molecule has 6 nitrogen and oxygen atoms in total. The van der Waals surface area contributed by atoms with Crippen molar-refractivity contribution in [2.45, 2.75) is 0 Å². The number of nitrogens with zero attached hydrogens (tertiary/aromatic N) is 2. The molecule has 1 heterocycles. The first-order chi connectivity index (χ1) is 12.3. The van der Waals surface area contributed by atoms with Crippen LogP contribution in [0.4, 0.5) is 14.5 Å². The van der Waals surface area contributed by atoms with Crippen molar-refractivity contribution in [1.29, 1.82) is 0 Å². The highest BCUT2D eigenvalue weighted by Crippen LogP contribution is 2.36. The first kappa shape index (κ1) is 17.3. The fourth-order valence-electron chi connectivity index (χ4n) is 2.41. The van der Waals surface area contributed by atoms with Crippen molar-refractivity contribution in [3.63, 3.8) is 0 Å². The zero-order valence-corrected chi connectivity index (χ0v) is 13.5. The molecule has 0 spiro atoms. The number of aromatic nitrogens is 1. The second-order valence-electron chi connectivity index (χ2n) is 5.51. The number of nitro benzene ring substituents is 1. The number of pyridine rings is 1. The summed E-state index contributed by atoms with van der Waals surface area (Å²) in [5.74, 6) is -1.57. The van der Waals surface area contributed by atoms with Gasteiger partial charge in [0.25, 0.3) is 5.69 Å². The van der Waals surface area contributed by atoms with Crippen molar-refractivity contribution < 1.29 is 18.4 Å². The Kier molecular flexibility index (Phi) is 4.49. The zero-order valence-electron chi connectivity index (χ0n) is 13.5. The fourth-order valence-corrected chi connectivity index (χ4v) is 2.41. The average molecular weight is 358 g/mol. The van der Waals surface area contributed by atoms with E-state index in [0.29, 0.717) is 17.2 Å². The average Bonchev–Trinajstić information content (AvgIpc) is 2.56. The highest BCUT2D eigenvalue weighted by Gasteiger charge is 2.15. The van der Waals surface area contributed by atoms with Crippen molar-refractivity contribution in [3.8, 4) is 22.6 Å². The molecule has 0 amide bonds. The minimum Gasteiger partial charge on any atom is -0.456 e. The number of rotatable bonds is 4. The van der Waals surface area contributed by atoms with Gasteiger partial charge in [0, 0.05) is 60.8 Å². The van der Waals surface area contributed by atoms with Crippen LogP contribution in [0.25, 0.3) is 11.1 Å². The van der Waals surface area contributed by atoms with Gasteiger partial charge in [-0.05, 0) is 12.1 Å². The molecule has 0 radical (unpaired) electrons. The van der Waals surface area contributed by atoms with E-state index < -0.39 is 16.6 Å². The molecule has 0 aliphatic heterocycles. The molecule has 0 unspecified atom stereocenters. The van der Waals surface area contributed by atoms with Crippen LogP contribution in [0.1, 0.15) is 0 Å². The molecule has 2 aromatic carbocycles. The molecule has 26 heavy (non-hydrogen) atoms. The number of non-ortho nitro benzene ring substituents is 1. The van der Waals surface area contributed by atoms with E-state index in [9.17, 15) is 23.7 Å². The lowest BCUT2D eigenvalue weighted by Crippen LogP contribution is -2.14. The third-order valence-electron chi connectivity index (χ3n) is 3.63. The number of benzene rings is 2. The Balaban J connectivity index is 2.13. The van der Waals surface area contributed by atoms with Gasteiger partial charge in [0.1, 0.15) is 23.1 Å². The van der Waals surface area contributed by atoms with Crippen molar-refractivity contribution in [3.05, 3.63) is 86.8 Å². The van der Waals surface area contributed by atoms with Crippen LogP contribution in [-0.4, -0.2) is 9.49 Å². The summed E-state index contributed by atoms with van der Waals surface area (Å²) >= 11 is 0. The van der Waals surface area contributed by atoms with Gasteiger partial charge in [-0.3, -0.25) is 14.9 Å². The monoisotopic (exact) mass is 358 g/mol. The van der Waals surface area contributed by atoms with Crippen molar-refractivity contribution >= 4 is 5.69 Å². The van der Waals surface area contributed by atoms with E-state index in [2.05, 4.69) is 0 Å². The number of hydrogen-bond acceptors (Lipinski definition) is 4. The van der Waals surface area contributed by atoms with Gasteiger partial charge in [0.05, 0.1) is 4.92 Å². The number of ether oxygens (including phenoxy) is 1. The molecule has 0 N–H and O–H groups in total. The highest BCUT2D eigenvalue weighted by atomic mass is 19.1. The summed E-state index contributed by atoms with van der Waals surface area (Å²) in [7, 11) is 1.53. The van der Waals surface area contributed by atoms with Gasteiger partial charge in [-0.15, -0.1) is 0 Å². The third-order valence-corrected chi connectivity index (χ3v) is 3.63. The SMILES string of the molecule is Cn1cc(-c2cc([N+](=O)[O-])ccc2Oc2cc(F)cc(F)c2)ccc1=O. The lowest BCUT2D eigenvalue weighted by molar-refractivity contribution is -0.384. The second-order valence-corrected chi connectivity index (χ2v) is 5.51. The smallest absolute Gasteiger partial charge is 0.270 e. The molecule has 0 saturated heterocycles. The summed E-state index contributed by atoms with van der Waals surface area (Å²) in [5, 5.41) is 11.1. The molecule has 132 valence electrons. The normalized spacial score (nSPS) is 10.6. The Labute approximate surface area is 146 Å². The third kappa shape index (κ3) is 3.59. The molecule has 8 heteroatoms. The maximum Gasteiger partial charge on any atom is 0.270 e. The maximum atomic E-state index is 13.4. The summed E-state index contributed by atoms with van der Waals surface area (Å²) in [6, 6.07) is 9.31. The largest absolute Gasteiger partial charge is 0.456 e. The lowest BCUT2D eigenvalue weighted by Gasteiger charge is -2.12. The van der Waals surface area contributed by atoms with E-state index in [0.717, 1.165) is 12.1 Å². The van der Waals surface area contributed by atoms with Crippen molar-refractivity contribution in [1.82, 2.24) is 4.57 Å². The first-order valence-electron chi connectivity index (χ1n) is 7.43. The van der Waals surface area contributed by atoms with Gasteiger partial charge < -0.3 is 9.30 Å². The molecule has 0 aliphatic carbocycles. The molecule has 0 atom stereocenters. The van der Waals surface area contributed by atoms with E-state index in [1.54, 1.807) is 0 Å². The van der Waals surface area contributed by atoms with E-state index in [1.807, 2.05) is 0 Å². The summed E-state index contributed by atoms with van der Waals surface area (Å²) in [6.07, 6.45) is 1.49. The fraction of sp³-hybridized carbons (Fsp3) is 0.0556. The van der Waals surface area contributed by atoms with Gasteiger partial charge in [0.15, 0.2) is 0 Å². The van der Waals surface area contributed by atoms with Gasteiger partial charge in [0.2, 0.25) is 5.56 Å². The van der Waals surface area contributed by atoms with Crippen molar-refractivity contribution in [2.75, 3.05) is 0 Å². The van der Waals surface area contributed by atoms with E-state index in [-0.39, 0.29) is 22.7 Å². The summed E-state index contributed by atoms with van der Waals surface area (Å²) in [4.78, 5) is 22.1. The standard InChI is InChI=1S/C18H12F2N2O4/c1-21-10-11(2-5-18(21)23)16-9-14(22(24)25)3-4-17(16)26-15-7-12(19)6-13(20)8-15/h2-10H,1H3. The van der Waals surface area contributed by atoms with Crippen LogP contribution in [-0.2, 0) is 7.05 Å². The van der Waals surface area contributed by atoms with Gasteiger partial charge in [-0.25, -0.2) is 8.78 Å². The number of nitro groups is 1. The minimum absolute atomic E-state index is 0.0950. The predicted molar refractivity (Wildman–Crippen MR) is 90.2 cm³/mol. The minimum atomic E-state index is -0.814. The predicted octanol–water partition coefficient (Wildman–Crippen LogP) is 4.03. The quantitative estimate of drug-likeness (QED) is 0.521. The van der Waals surface area contributed by atoms with Crippen LogP contribution in [0, 0.1) is 21.7 Å². The Hall–Kier alpha value is -3.55. The van der Waals surface area contributed by atoms with Gasteiger partial charge in [-0.2, -0.15) is 0 Å². The molecule has 0 fully saturated rings. The van der Waals surface area contributed by atoms with Gasteiger partial charge >= 0.3 is 0 Å². The Morgan fingerprint density at radius 2 is 1.73 bits per heavy atom. The van der Waals surface area contributed by atoms with E-state index in [4.69, 9.17) is 4.74 Å². The lowest BCUT2D eigenvalue weighted by atomic mass is 10.1. The molecule has 3 aromatic rings. The van der Waals surface area contributed by atoms with Crippen LogP contribution in [0.2, 0.25) is 0 Å². The molecular weight excluding hydrogens is 346 g/mol. The maximum absolute atomic E-state index is 13.4. The van der Waals surface area contributed by atoms with E-state index in [1.165, 1.54) is 48.1 Å².